The molecule has 0 saturated heterocycles. The molecule has 31 heavy (non-hydrogen) atoms. The van der Waals surface area contributed by atoms with Crippen molar-refractivity contribution in [2.75, 3.05) is 11.9 Å². The van der Waals surface area contributed by atoms with E-state index in [-0.39, 0.29) is 36.6 Å². The van der Waals surface area contributed by atoms with Gasteiger partial charge in [0.2, 0.25) is 11.8 Å². The molecule has 0 unspecified atom stereocenters. The highest BCUT2D eigenvalue weighted by atomic mass is 35.5. The second-order valence-corrected chi connectivity index (χ2v) is 7.98. The molecule has 2 aromatic rings. The summed E-state index contributed by atoms with van der Waals surface area (Å²) < 4.78 is 0. The Kier molecular flexibility index (Phi) is 7.41. The molecule has 0 bridgehead atoms. The maximum atomic E-state index is 12.5. The number of hydrogen-bond donors (Lipinski definition) is 2. The van der Waals surface area contributed by atoms with Gasteiger partial charge in [-0.25, -0.2) is 5.01 Å². The van der Waals surface area contributed by atoms with Crippen molar-refractivity contribution in [1.82, 2.24) is 10.3 Å². The summed E-state index contributed by atoms with van der Waals surface area (Å²) >= 11 is 6.03. The number of hydrazone groups is 1. The van der Waals surface area contributed by atoms with Crippen molar-refractivity contribution in [3.63, 3.8) is 0 Å². The molecule has 0 aliphatic carbocycles. The molecule has 3 rings (SSSR count). The van der Waals surface area contributed by atoms with E-state index in [9.17, 15) is 14.4 Å². The predicted octanol–water partition coefficient (Wildman–Crippen LogP) is 3.83. The van der Waals surface area contributed by atoms with Crippen LogP contribution in [-0.2, 0) is 9.59 Å². The number of hydrogen-bond acceptors (Lipinski definition) is 4. The van der Waals surface area contributed by atoms with Crippen molar-refractivity contribution in [2.24, 2.45) is 5.10 Å². The van der Waals surface area contributed by atoms with Crippen molar-refractivity contribution in [2.45, 2.75) is 39.2 Å². The van der Waals surface area contributed by atoms with Crippen LogP contribution in [0.15, 0.2) is 53.6 Å². The first-order valence-electron chi connectivity index (χ1n) is 10.2. The molecule has 0 radical (unpaired) electrons. The average Bonchev–Trinajstić information content (AvgIpc) is 3.22. The maximum absolute atomic E-state index is 12.5. The highest BCUT2D eigenvalue weighted by Gasteiger charge is 2.22. The number of halogens is 1. The van der Waals surface area contributed by atoms with Crippen LogP contribution in [-0.4, -0.2) is 41.0 Å². The van der Waals surface area contributed by atoms with Crippen LogP contribution in [0, 0.1) is 0 Å². The number of nitrogens with zero attached hydrogens (tertiary/aromatic N) is 2. The normalized spacial score (nSPS) is 13.2. The van der Waals surface area contributed by atoms with Crippen LogP contribution < -0.4 is 10.6 Å². The van der Waals surface area contributed by atoms with E-state index in [1.165, 1.54) is 11.1 Å². The van der Waals surface area contributed by atoms with Crippen LogP contribution in [0.2, 0.25) is 5.02 Å². The van der Waals surface area contributed by atoms with Gasteiger partial charge < -0.3 is 10.6 Å². The van der Waals surface area contributed by atoms with Gasteiger partial charge in [0.25, 0.3) is 5.91 Å². The highest BCUT2D eigenvalue weighted by Crippen LogP contribution is 2.22. The van der Waals surface area contributed by atoms with Crippen molar-refractivity contribution in [3.8, 4) is 0 Å². The van der Waals surface area contributed by atoms with Crippen molar-refractivity contribution in [1.29, 1.82) is 0 Å². The Morgan fingerprint density at radius 3 is 2.55 bits per heavy atom. The van der Waals surface area contributed by atoms with E-state index in [4.69, 9.17) is 11.6 Å². The molecule has 2 aromatic carbocycles. The maximum Gasteiger partial charge on any atom is 0.253 e. The summed E-state index contributed by atoms with van der Waals surface area (Å²) in [5.74, 6) is -0.900. The van der Waals surface area contributed by atoms with E-state index < -0.39 is 0 Å². The van der Waals surface area contributed by atoms with Crippen LogP contribution >= 0.6 is 11.6 Å². The number of benzene rings is 2. The molecule has 0 spiro atoms. The lowest BCUT2D eigenvalue weighted by Gasteiger charge is -2.14. The lowest BCUT2D eigenvalue weighted by atomic mass is 10.1. The lowest BCUT2D eigenvalue weighted by molar-refractivity contribution is -0.132. The van der Waals surface area contributed by atoms with Gasteiger partial charge in [0, 0.05) is 30.3 Å². The highest BCUT2D eigenvalue weighted by molar-refractivity contribution is 6.31. The van der Waals surface area contributed by atoms with Gasteiger partial charge in [-0.3, -0.25) is 14.4 Å². The Labute approximate surface area is 186 Å². The summed E-state index contributed by atoms with van der Waals surface area (Å²) in [7, 11) is 0. The van der Waals surface area contributed by atoms with E-state index >= 15 is 0 Å². The number of anilines is 1. The van der Waals surface area contributed by atoms with E-state index in [0.717, 1.165) is 11.3 Å². The largest absolute Gasteiger partial charge is 0.350 e. The predicted molar refractivity (Wildman–Crippen MR) is 121 cm³/mol. The lowest BCUT2D eigenvalue weighted by Crippen LogP contribution is -2.31. The fourth-order valence-electron chi connectivity index (χ4n) is 3.19. The monoisotopic (exact) mass is 440 g/mol. The SMILES string of the molecule is CC(C)NC(=O)c1ccc(Cl)cc1NC(=O)CCC(=O)N1CCC(c2ccccc2)=N1. The fraction of sp³-hybridized carbons (Fsp3) is 0.304. The Morgan fingerprint density at radius 2 is 1.84 bits per heavy atom. The molecule has 0 fully saturated rings. The summed E-state index contributed by atoms with van der Waals surface area (Å²) in [6, 6.07) is 14.3. The minimum Gasteiger partial charge on any atom is -0.350 e. The van der Waals surface area contributed by atoms with Crippen LogP contribution in [0.25, 0.3) is 0 Å². The third kappa shape index (κ3) is 6.15. The Morgan fingerprint density at radius 1 is 1.10 bits per heavy atom. The van der Waals surface area contributed by atoms with Gasteiger partial charge in [0.15, 0.2) is 0 Å². The van der Waals surface area contributed by atoms with Gasteiger partial charge in [-0.15, -0.1) is 0 Å². The summed E-state index contributed by atoms with van der Waals surface area (Å²) in [6.07, 6.45) is 0.674. The zero-order chi connectivity index (χ0) is 22.4. The molecular formula is C23H25ClN4O3. The smallest absolute Gasteiger partial charge is 0.253 e. The topological polar surface area (TPSA) is 90.9 Å². The van der Waals surface area contributed by atoms with Gasteiger partial charge in [0.05, 0.1) is 23.5 Å². The van der Waals surface area contributed by atoms with E-state index in [1.807, 2.05) is 44.2 Å². The molecular weight excluding hydrogens is 416 g/mol. The van der Waals surface area contributed by atoms with E-state index in [1.54, 1.807) is 12.1 Å². The molecule has 2 N–H and O–H groups in total. The molecule has 1 aliphatic heterocycles. The molecule has 1 aliphatic rings. The van der Waals surface area contributed by atoms with Gasteiger partial charge in [-0.05, 0) is 37.6 Å². The van der Waals surface area contributed by atoms with Gasteiger partial charge >= 0.3 is 0 Å². The standard InChI is InChI=1S/C23H25ClN4O3/c1-15(2)25-23(31)18-9-8-17(24)14-20(18)26-21(29)10-11-22(30)28-13-12-19(27-28)16-6-4-3-5-7-16/h3-9,14-15H,10-13H2,1-2H3,(H,25,31)(H,26,29). The summed E-state index contributed by atoms with van der Waals surface area (Å²) in [6.45, 7) is 4.20. The van der Waals surface area contributed by atoms with Crippen molar-refractivity contribution in [3.05, 3.63) is 64.7 Å². The quantitative estimate of drug-likeness (QED) is 0.685. The number of carbonyl (C=O) groups is 3. The molecule has 0 aromatic heterocycles. The summed E-state index contributed by atoms with van der Waals surface area (Å²) in [5.41, 5.74) is 2.48. The summed E-state index contributed by atoms with van der Waals surface area (Å²) in [4.78, 5) is 37.3. The molecule has 7 nitrogen and oxygen atoms in total. The number of nitrogens with one attached hydrogen (secondary N) is 2. The summed E-state index contributed by atoms with van der Waals surface area (Å²) in [5, 5.41) is 11.7. The molecule has 8 heteroatoms. The third-order valence-electron chi connectivity index (χ3n) is 4.68. The fourth-order valence-corrected chi connectivity index (χ4v) is 3.36. The van der Waals surface area contributed by atoms with Crippen LogP contribution in [0.5, 0.6) is 0 Å². The van der Waals surface area contributed by atoms with Crippen molar-refractivity contribution >= 4 is 40.7 Å². The van der Waals surface area contributed by atoms with Gasteiger partial charge in [-0.2, -0.15) is 5.10 Å². The Balaban J connectivity index is 1.58. The second kappa shape index (κ2) is 10.2. The van der Waals surface area contributed by atoms with Crippen LogP contribution in [0.3, 0.4) is 0 Å². The minimum atomic E-state index is -0.374. The number of amides is 3. The molecule has 3 amide bonds. The van der Waals surface area contributed by atoms with Gasteiger partial charge in [0.1, 0.15) is 0 Å². The van der Waals surface area contributed by atoms with E-state index in [2.05, 4.69) is 15.7 Å². The average molecular weight is 441 g/mol. The zero-order valence-corrected chi connectivity index (χ0v) is 18.3. The first-order valence-corrected chi connectivity index (χ1v) is 10.5. The molecule has 162 valence electrons. The molecule has 0 saturated carbocycles. The minimum absolute atomic E-state index is 0.0193. The van der Waals surface area contributed by atoms with E-state index in [0.29, 0.717) is 29.2 Å². The number of rotatable bonds is 7. The Bertz CT molecular complexity index is 1010. The third-order valence-corrected chi connectivity index (χ3v) is 4.92. The van der Waals surface area contributed by atoms with Crippen molar-refractivity contribution < 1.29 is 14.4 Å². The number of carbonyl (C=O) groups excluding carboxylic acids is 3. The first-order chi connectivity index (χ1) is 14.8. The zero-order valence-electron chi connectivity index (χ0n) is 17.5. The second-order valence-electron chi connectivity index (χ2n) is 7.55. The Hall–Kier alpha value is -3.19. The molecule has 0 atom stereocenters. The molecule has 1 heterocycles. The first kappa shape index (κ1) is 22.5. The van der Waals surface area contributed by atoms with Gasteiger partial charge in [-0.1, -0.05) is 41.9 Å². The van der Waals surface area contributed by atoms with Crippen LogP contribution in [0.4, 0.5) is 5.69 Å². The van der Waals surface area contributed by atoms with Crippen LogP contribution in [0.1, 0.15) is 49.0 Å².